The molecule has 2 aromatic rings. The summed E-state index contributed by atoms with van der Waals surface area (Å²) in [4.78, 5) is 8.67. The van der Waals surface area contributed by atoms with Crippen molar-refractivity contribution in [3.05, 3.63) is 36.2 Å². The third kappa shape index (κ3) is 4.32. The number of nitrogen functional groups attached to an aromatic ring is 1. The van der Waals surface area contributed by atoms with E-state index < -0.39 is 0 Å². The molecule has 6 nitrogen and oxygen atoms in total. The molecule has 0 spiro atoms. The van der Waals surface area contributed by atoms with Crippen molar-refractivity contribution in [2.24, 2.45) is 5.84 Å². The Labute approximate surface area is 124 Å². The van der Waals surface area contributed by atoms with Crippen molar-refractivity contribution in [1.82, 2.24) is 9.97 Å². The lowest BCUT2D eigenvalue weighted by atomic mass is 10.3. The van der Waals surface area contributed by atoms with Crippen LogP contribution in [-0.2, 0) is 6.42 Å². The van der Waals surface area contributed by atoms with Crippen molar-refractivity contribution in [1.29, 1.82) is 0 Å². The van der Waals surface area contributed by atoms with Gasteiger partial charge in [-0.15, -0.1) is 0 Å². The predicted octanol–water partition coefficient (Wildman–Crippen LogP) is 2.86. The molecule has 0 radical (unpaired) electrons. The summed E-state index contributed by atoms with van der Waals surface area (Å²) >= 11 is 0. The van der Waals surface area contributed by atoms with Crippen LogP contribution in [0.25, 0.3) is 0 Å². The largest absolute Gasteiger partial charge is 0.494 e. The number of hydrogen-bond donors (Lipinski definition) is 3. The fraction of sp³-hybridized carbons (Fsp3) is 0.333. The van der Waals surface area contributed by atoms with E-state index in [2.05, 4.69) is 27.6 Å². The van der Waals surface area contributed by atoms with Gasteiger partial charge in [-0.3, -0.25) is 0 Å². The van der Waals surface area contributed by atoms with Gasteiger partial charge in [-0.2, -0.15) is 0 Å². The second-order valence-electron chi connectivity index (χ2n) is 4.55. The van der Waals surface area contributed by atoms with Crippen LogP contribution in [0.5, 0.6) is 5.75 Å². The molecule has 0 saturated heterocycles. The van der Waals surface area contributed by atoms with Crippen LogP contribution in [0.4, 0.5) is 17.3 Å². The molecular weight excluding hydrogens is 266 g/mol. The molecule has 21 heavy (non-hydrogen) atoms. The van der Waals surface area contributed by atoms with Gasteiger partial charge >= 0.3 is 0 Å². The molecule has 0 unspecified atom stereocenters. The number of nitrogens with one attached hydrogen (secondary N) is 2. The number of nitrogens with zero attached hydrogens (tertiary/aromatic N) is 2. The molecule has 1 aromatic carbocycles. The average Bonchev–Trinajstić information content (AvgIpc) is 2.53. The number of ether oxygens (including phenoxy) is 1. The first-order valence-electron chi connectivity index (χ1n) is 7.09. The Morgan fingerprint density at radius 1 is 1.10 bits per heavy atom. The molecule has 0 fully saturated rings. The number of hydrogen-bond acceptors (Lipinski definition) is 6. The zero-order valence-corrected chi connectivity index (χ0v) is 12.4. The van der Waals surface area contributed by atoms with Crippen LogP contribution in [0.2, 0.25) is 0 Å². The van der Waals surface area contributed by atoms with Gasteiger partial charge in [0.1, 0.15) is 23.2 Å². The number of aromatic nitrogens is 2. The third-order valence-electron chi connectivity index (χ3n) is 2.84. The summed E-state index contributed by atoms with van der Waals surface area (Å²) in [5, 5.41) is 3.23. The van der Waals surface area contributed by atoms with Crippen molar-refractivity contribution in [2.45, 2.75) is 26.7 Å². The lowest BCUT2D eigenvalue weighted by Crippen LogP contribution is -2.11. The molecule has 0 atom stereocenters. The standard InChI is InChI=1S/C15H21N5O/c1-3-9-21-12-7-5-11(6-8-12)17-14-10-15(20-16)19-13(4-2)18-14/h5-8,10H,3-4,9,16H2,1-2H3,(H2,17,18,19,20). The van der Waals surface area contributed by atoms with E-state index in [-0.39, 0.29) is 0 Å². The van der Waals surface area contributed by atoms with Gasteiger partial charge in [-0.05, 0) is 30.7 Å². The van der Waals surface area contributed by atoms with E-state index in [0.29, 0.717) is 11.6 Å². The Morgan fingerprint density at radius 2 is 1.81 bits per heavy atom. The lowest BCUT2D eigenvalue weighted by Gasteiger charge is -2.10. The smallest absolute Gasteiger partial charge is 0.145 e. The summed E-state index contributed by atoms with van der Waals surface area (Å²) in [5.74, 6) is 8.31. The Morgan fingerprint density at radius 3 is 2.43 bits per heavy atom. The molecule has 0 aliphatic heterocycles. The molecule has 6 heteroatoms. The van der Waals surface area contributed by atoms with Gasteiger partial charge in [0.25, 0.3) is 0 Å². The van der Waals surface area contributed by atoms with E-state index in [0.717, 1.165) is 36.7 Å². The first-order chi connectivity index (χ1) is 10.2. The maximum atomic E-state index is 5.55. The fourth-order valence-corrected chi connectivity index (χ4v) is 1.80. The second-order valence-corrected chi connectivity index (χ2v) is 4.55. The van der Waals surface area contributed by atoms with Crippen molar-refractivity contribution in [3.8, 4) is 5.75 Å². The highest BCUT2D eigenvalue weighted by Gasteiger charge is 2.03. The van der Waals surface area contributed by atoms with Crippen molar-refractivity contribution in [3.63, 3.8) is 0 Å². The summed E-state index contributed by atoms with van der Waals surface area (Å²) in [6, 6.07) is 9.53. The van der Waals surface area contributed by atoms with Gasteiger partial charge in [-0.25, -0.2) is 15.8 Å². The normalized spacial score (nSPS) is 10.2. The SMILES string of the molecule is CCCOc1ccc(Nc2cc(NN)nc(CC)n2)cc1. The van der Waals surface area contributed by atoms with Crippen LogP contribution >= 0.6 is 0 Å². The van der Waals surface area contributed by atoms with Crippen LogP contribution in [0.1, 0.15) is 26.1 Å². The molecule has 0 amide bonds. The molecular formula is C15H21N5O. The summed E-state index contributed by atoms with van der Waals surface area (Å²) in [7, 11) is 0. The van der Waals surface area contributed by atoms with Crippen molar-refractivity contribution < 1.29 is 4.74 Å². The second kappa shape index (κ2) is 7.44. The Balaban J connectivity index is 2.10. The van der Waals surface area contributed by atoms with E-state index >= 15 is 0 Å². The third-order valence-corrected chi connectivity index (χ3v) is 2.84. The van der Waals surface area contributed by atoms with Crippen LogP contribution in [0.3, 0.4) is 0 Å². The number of benzene rings is 1. The number of rotatable bonds is 7. The topological polar surface area (TPSA) is 85.1 Å². The molecule has 112 valence electrons. The molecule has 0 aliphatic carbocycles. The Bertz CT molecular complexity index is 549. The summed E-state index contributed by atoms with van der Waals surface area (Å²) in [6.45, 7) is 4.81. The van der Waals surface area contributed by atoms with Gasteiger partial charge in [-0.1, -0.05) is 13.8 Å². The summed E-state index contributed by atoms with van der Waals surface area (Å²) in [6.07, 6.45) is 1.74. The van der Waals surface area contributed by atoms with Gasteiger partial charge in [0.05, 0.1) is 6.61 Å². The minimum Gasteiger partial charge on any atom is -0.494 e. The molecule has 0 aliphatic rings. The van der Waals surface area contributed by atoms with Crippen LogP contribution in [0, 0.1) is 0 Å². The van der Waals surface area contributed by atoms with Gasteiger partial charge in [0, 0.05) is 18.2 Å². The molecule has 4 N–H and O–H groups in total. The molecule has 1 heterocycles. The molecule has 2 rings (SSSR count). The quantitative estimate of drug-likeness (QED) is 0.536. The number of anilines is 3. The summed E-state index contributed by atoms with van der Waals surface area (Å²) in [5.41, 5.74) is 3.48. The number of hydrazine groups is 1. The monoisotopic (exact) mass is 287 g/mol. The maximum absolute atomic E-state index is 5.55. The van der Waals surface area contributed by atoms with E-state index in [1.807, 2.05) is 31.2 Å². The zero-order chi connectivity index (χ0) is 15.1. The minimum absolute atomic E-state index is 0.590. The predicted molar refractivity (Wildman–Crippen MR) is 84.7 cm³/mol. The first kappa shape index (κ1) is 15.1. The van der Waals surface area contributed by atoms with Gasteiger partial charge in [0.15, 0.2) is 0 Å². The highest BCUT2D eigenvalue weighted by molar-refractivity contribution is 5.59. The highest BCUT2D eigenvalue weighted by Crippen LogP contribution is 2.20. The fourth-order valence-electron chi connectivity index (χ4n) is 1.80. The van der Waals surface area contributed by atoms with Crippen molar-refractivity contribution in [2.75, 3.05) is 17.3 Å². The Hall–Kier alpha value is -2.34. The van der Waals surface area contributed by atoms with Crippen LogP contribution in [0.15, 0.2) is 30.3 Å². The van der Waals surface area contributed by atoms with E-state index in [9.17, 15) is 0 Å². The van der Waals surface area contributed by atoms with Crippen molar-refractivity contribution >= 4 is 17.3 Å². The van der Waals surface area contributed by atoms with E-state index in [1.54, 1.807) is 6.07 Å². The highest BCUT2D eigenvalue weighted by atomic mass is 16.5. The minimum atomic E-state index is 0.590. The average molecular weight is 287 g/mol. The van der Waals surface area contributed by atoms with Crippen LogP contribution < -0.4 is 21.3 Å². The van der Waals surface area contributed by atoms with E-state index in [4.69, 9.17) is 10.6 Å². The first-order valence-corrected chi connectivity index (χ1v) is 7.09. The Kier molecular flexibility index (Phi) is 5.34. The number of nitrogens with two attached hydrogens (primary N) is 1. The number of aryl methyl sites for hydroxylation is 1. The lowest BCUT2D eigenvalue weighted by molar-refractivity contribution is 0.317. The molecule has 1 aromatic heterocycles. The summed E-state index contributed by atoms with van der Waals surface area (Å²) < 4.78 is 5.55. The molecule has 0 saturated carbocycles. The van der Waals surface area contributed by atoms with Gasteiger partial charge in [0.2, 0.25) is 0 Å². The molecule has 0 bridgehead atoms. The maximum Gasteiger partial charge on any atom is 0.145 e. The van der Waals surface area contributed by atoms with Gasteiger partial charge < -0.3 is 15.5 Å². The van der Waals surface area contributed by atoms with Crippen LogP contribution in [-0.4, -0.2) is 16.6 Å². The zero-order valence-electron chi connectivity index (χ0n) is 12.4. The van der Waals surface area contributed by atoms with E-state index in [1.165, 1.54) is 0 Å².